The summed E-state index contributed by atoms with van der Waals surface area (Å²) in [4.78, 5) is 13.4. The van der Waals surface area contributed by atoms with Crippen molar-refractivity contribution in [1.29, 1.82) is 0 Å². The van der Waals surface area contributed by atoms with Gasteiger partial charge in [0.1, 0.15) is 0 Å². The number of aromatic nitrogens is 1. The molecule has 0 saturated carbocycles. The Bertz CT molecular complexity index is 514. The summed E-state index contributed by atoms with van der Waals surface area (Å²) < 4.78 is 0. The molecule has 0 radical (unpaired) electrons. The predicted molar refractivity (Wildman–Crippen MR) is 59.0 cm³/mol. The van der Waals surface area contributed by atoms with Crippen LogP contribution >= 0.6 is 0 Å². The van der Waals surface area contributed by atoms with Gasteiger partial charge in [0.2, 0.25) is 0 Å². The van der Waals surface area contributed by atoms with Crippen molar-refractivity contribution < 1.29 is 4.92 Å². The van der Waals surface area contributed by atoms with Crippen molar-refractivity contribution in [2.75, 3.05) is 0 Å². The number of non-ortho nitro benzene ring substituents is 1. The summed E-state index contributed by atoms with van der Waals surface area (Å²) in [6.45, 7) is 4.14. The molecule has 0 aliphatic rings. The van der Waals surface area contributed by atoms with Gasteiger partial charge < -0.3 is 4.98 Å². The Balaban J connectivity index is 2.66. The Kier molecular flexibility index (Phi) is 2.19. The van der Waals surface area contributed by atoms with E-state index in [4.69, 9.17) is 0 Å². The lowest BCUT2D eigenvalue weighted by Crippen LogP contribution is -1.88. The summed E-state index contributed by atoms with van der Waals surface area (Å²) in [7, 11) is 0. The van der Waals surface area contributed by atoms with Gasteiger partial charge in [0, 0.05) is 29.2 Å². The number of nitro groups is 1. The van der Waals surface area contributed by atoms with E-state index in [9.17, 15) is 10.1 Å². The second-order valence-electron chi connectivity index (χ2n) is 3.89. The molecule has 0 saturated heterocycles. The second-order valence-corrected chi connectivity index (χ2v) is 3.89. The zero-order valence-electron chi connectivity index (χ0n) is 8.65. The van der Waals surface area contributed by atoms with E-state index in [1.54, 1.807) is 12.1 Å². The maximum absolute atomic E-state index is 10.6. The summed E-state index contributed by atoms with van der Waals surface area (Å²) in [5, 5.41) is 11.6. The average molecular weight is 204 g/mol. The van der Waals surface area contributed by atoms with Gasteiger partial charge in [0.15, 0.2) is 0 Å². The lowest BCUT2D eigenvalue weighted by Gasteiger charge is -2.01. The van der Waals surface area contributed by atoms with Gasteiger partial charge in [-0.15, -0.1) is 0 Å². The van der Waals surface area contributed by atoms with Gasteiger partial charge in [0.25, 0.3) is 5.69 Å². The van der Waals surface area contributed by atoms with Crippen LogP contribution in [-0.2, 0) is 0 Å². The Morgan fingerprint density at radius 1 is 1.40 bits per heavy atom. The van der Waals surface area contributed by atoms with Crippen molar-refractivity contribution in [1.82, 2.24) is 4.98 Å². The van der Waals surface area contributed by atoms with Gasteiger partial charge >= 0.3 is 0 Å². The number of nitro benzene ring substituents is 1. The second kappa shape index (κ2) is 3.38. The number of rotatable bonds is 2. The maximum atomic E-state index is 10.6. The minimum absolute atomic E-state index is 0.143. The topological polar surface area (TPSA) is 58.9 Å². The Morgan fingerprint density at radius 3 is 2.73 bits per heavy atom. The minimum atomic E-state index is -0.365. The number of H-pyrrole nitrogens is 1. The van der Waals surface area contributed by atoms with Crippen LogP contribution in [0.1, 0.15) is 25.3 Å². The molecule has 0 spiro atoms. The highest BCUT2D eigenvalue weighted by molar-refractivity contribution is 5.85. The molecule has 1 N–H and O–H groups in total. The van der Waals surface area contributed by atoms with Gasteiger partial charge in [-0.2, -0.15) is 0 Å². The summed E-state index contributed by atoms with van der Waals surface area (Å²) in [5.74, 6) is 0.362. The van der Waals surface area contributed by atoms with Gasteiger partial charge in [-0.1, -0.05) is 13.8 Å². The molecule has 2 rings (SSSR count). The van der Waals surface area contributed by atoms with Crippen LogP contribution < -0.4 is 0 Å². The zero-order chi connectivity index (χ0) is 11.0. The largest absolute Gasteiger partial charge is 0.361 e. The number of hydrogen-bond acceptors (Lipinski definition) is 2. The molecule has 0 amide bonds. The number of hydrogen-bond donors (Lipinski definition) is 1. The normalized spacial score (nSPS) is 11.1. The first-order chi connectivity index (χ1) is 7.09. The van der Waals surface area contributed by atoms with E-state index in [0.717, 1.165) is 16.5 Å². The van der Waals surface area contributed by atoms with Gasteiger partial charge in [-0.05, 0) is 17.5 Å². The first-order valence-corrected chi connectivity index (χ1v) is 4.85. The first kappa shape index (κ1) is 9.71. The summed E-state index contributed by atoms with van der Waals surface area (Å²) >= 11 is 0. The first-order valence-electron chi connectivity index (χ1n) is 4.85. The molecular formula is C11H12N2O2. The van der Waals surface area contributed by atoms with E-state index in [0.29, 0.717) is 5.92 Å². The Hall–Kier alpha value is -1.84. The van der Waals surface area contributed by atoms with E-state index in [2.05, 4.69) is 18.8 Å². The fraction of sp³-hybridized carbons (Fsp3) is 0.273. The quantitative estimate of drug-likeness (QED) is 0.603. The smallest absolute Gasteiger partial charge is 0.270 e. The molecule has 1 heterocycles. The molecule has 0 unspecified atom stereocenters. The maximum Gasteiger partial charge on any atom is 0.270 e. The molecule has 0 bridgehead atoms. The van der Waals surface area contributed by atoms with E-state index in [1.165, 1.54) is 6.07 Å². The predicted octanol–water partition coefficient (Wildman–Crippen LogP) is 3.20. The van der Waals surface area contributed by atoms with Crippen LogP contribution in [0.2, 0.25) is 0 Å². The molecule has 1 aromatic heterocycles. The molecule has 2 aromatic rings. The SMILES string of the molecule is CC(C)c1c[nH]c2ccc([N+](=O)[O-])cc12. The van der Waals surface area contributed by atoms with Crippen LogP contribution in [-0.4, -0.2) is 9.91 Å². The minimum Gasteiger partial charge on any atom is -0.361 e. The third-order valence-corrected chi connectivity index (χ3v) is 2.53. The standard InChI is InChI=1S/C11H12N2O2/c1-7(2)10-6-12-11-4-3-8(13(14)15)5-9(10)11/h3-7,12H,1-2H3. The molecule has 0 fully saturated rings. The number of benzene rings is 1. The number of nitrogens with zero attached hydrogens (tertiary/aromatic N) is 1. The fourth-order valence-electron chi connectivity index (χ4n) is 1.72. The molecule has 78 valence electrons. The molecule has 0 aliphatic carbocycles. The van der Waals surface area contributed by atoms with Crippen molar-refractivity contribution in [3.05, 3.63) is 40.1 Å². The van der Waals surface area contributed by atoms with Gasteiger partial charge in [-0.3, -0.25) is 10.1 Å². The lowest BCUT2D eigenvalue weighted by atomic mass is 10.0. The van der Waals surface area contributed by atoms with Crippen LogP contribution in [0.25, 0.3) is 10.9 Å². The van der Waals surface area contributed by atoms with Crippen molar-refractivity contribution in [2.24, 2.45) is 0 Å². The number of fused-ring (bicyclic) bond motifs is 1. The molecule has 15 heavy (non-hydrogen) atoms. The van der Waals surface area contributed by atoms with Crippen LogP contribution in [0.3, 0.4) is 0 Å². The molecule has 0 aliphatic heterocycles. The van der Waals surface area contributed by atoms with Gasteiger partial charge in [-0.25, -0.2) is 0 Å². The van der Waals surface area contributed by atoms with Crippen molar-refractivity contribution >= 4 is 16.6 Å². The highest BCUT2D eigenvalue weighted by Crippen LogP contribution is 2.28. The molecule has 0 atom stereocenters. The third kappa shape index (κ3) is 1.58. The fourth-order valence-corrected chi connectivity index (χ4v) is 1.72. The molecule has 4 nitrogen and oxygen atoms in total. The van der Waals surface area contributed by atoms with Crippen molar-refractivity contribution in [3.8, 4) is 0 Å². The Morgan fingerprint density at radius 2 is 2.13 bits per heavy atom. The van der Waals surface area contributed by atoms with Crippen LogP contribution in [0.4, 0.5) is 5.69 Å². The molecule has 4 heteroatoms. The van der Waals surface area contributed by atoms with Crippen LogP contribution in [0.5, 0.6) is 0 Å². The van der Waals surface area contributed by atoms with Gasteiger partial charge in [0.05, 0.1) is 4.92 Å². The number of aromatic amines is 1. The molecular weight excluding hydrogens is 192 g/mol. The van der Waals surface area contributed by atoms with E-state index in [1.807, 2.05) is 6.20 Å². The molecule has 1 aromatic carbocycles. The van der Waals surface area contributed by atoms with Crippen molar-refractivity contribution in [2.45, 2.75) is 19.8 Å². The Labute approximate surface area is 87.1 Å². The van der Waals surface area contributed by atoms with Crippen LogP contribution in [0, 0.1) is 10.1 Å². The highest BCUT2D eigenvalue weighted by Gasteiger charge is 2.11. The van der Waals surface area contributed by atoms with Crippen LogP contribution in [0.15, 0.2) is 24.4 Å². The summed E-state index contributed by atoms with van der Waals surface area (Å²) in [5.41, 5.74) is 2.21. The zero-order valence-corrected chi connectivity index (χ0v) is 8.65. The average Bonchev–Trinajstić information content (AvgIpc) is 2.59. The lowest BCUT2D eigenvalue weighted by molar-refractivity contribution is -0.384. The highest BCUT2D eigenvalue weighted by atomic mass is 16.6. The third-order valence-electron chi connectivity index (χ3n) is 2.53. The van der Waals surface area contributed by atoms with E-state index >= 15 is 0 Å². The summed E-state index contributed by atoms with van der Waals surface area (Å²) in [6, 6.07) is 4.89. The van der Waals surface area contributed by atoms with E-state index < -0.39 is 0 Å². The number of nitrogens with one attached hydrogen (secondary N) is 1. The summed E-state index contributed by atoms with van der Waals surface area (Å²) in [6.07, 6.45) is 1.92. The van der Waals surface area contributed by atoms with Crippen molar-refractivity contribution in [3.63, 3.8) is 0 Å². The monoisotopic (exact) mass is 204 g/mol. The van der Waals surface area contributed by atoms with E-state index in [-0.39, 0.29) is 10.6 Å².